The Morgan fingerprint density at radius 2 is 1.81 bits per heavy atom. The van der Waals surface area contributed by atoms with Crippen molar-refractivity contribution >= 4 is 22.2 Å². The Kier molecular flexibility index (Phi) is 5.79. The van der Waals surface area contributed by atoms with Gasteiger partial charge in [0.25, 0.3) is 0 Å². The second-order valence-electron chi connectivity index (χ2n) is 3.90. The minimum Gasteiger partial charge on any atom is -0.478 e. The predicted octanol–water partition coefficient (Wildman–Crippen LogP) is -0.707. The van der Waals surface area contributed by atoms with E-state index >= 15 is 0 Å². The van der Waals surface area contributed by atoms with E-state index in [1.54, 1.807) is 22.9 Å². The van der Waals surface area contributed by atoms with Gasteiger partial charge < -0.3 is 15.2 Å². The first-order valence-corrected chi connectivity index (χ1v) is 7.04. The van der Waals surface area contributed by atoms with Gasteiger partial charge in [0.05, 0.1) is 0 Å². The average Bonchev–Trinajstić information content (AvgIpc) is 2.41. The molecule has 1 aromatic carbocycles. The number of ether oxygens (including phenoxy) is 1. The lowest BCUT2D eigenvalue weighted by Gasteiger charge is -2.19. The molecular formula is C11H14N2O7S. The van der Waals surface area contributed by atoms with Crippen molar-refractivity contribution in [1.29, 1.82) is 0 Å². The molecule has 0 heterocycles. The van der Waals surface area contributed by atoms with Crippen LogP contribution < -0.4 is 10.0 Å². The average molecular weight is 318 g/mol. The molecule has 1 amide bonds. The van der Waals surface area contributed by atoms with Gasteiger partial charge in [0.2, 0.25) is 12.1 Å². The zero-order chi connectivity index (χ0) is 16.0. The second-order valence-corrected chi connectivity index (χ2v) is 5.09. The molecule has 21 heavy (non-hydrogen) atoms. The molecule has 2 unspecified atom stereocenters. The number of benzene rings is 1. The largest absolute Gasteiger partial charge is 0.478 e. The first-order valence-electron chi connectivity index (χ1n) is 5.60. The van der Waals surface area contributed by atoms with Gasteiger partial charge in [0, 0.05) is 7.11 Å². The molecule has 4 N–H and O–H groups in total. The van der Waals surface area contributed by atoms with Crippen molar-refractivity contribution < 1.29 is 32.4 Å². The zero-order valence-electron chi connectivity index (χ0n) is 10.9. The fraction of sp³-hybridized carbons (Fsp3) is 0.273. The monoisotopic (exact) mass is 318 g/mol. The minimum atomic E-state index is -4.68. The number of carboxylic acid groups (broad SMARTS) is 1. The van der Waals surface area contributed by atoms with E-state index in [1.165, 1.54) is 12.1 Å². The summed E-state index contributed by atoms with van der Waals surface area (Å²) in [5.41, 5.74) is 0.216. The molecular weight excluding hydrogens is 304 g/mol. The van der Waals surface area contributed by atoms with Crippen LogP contribution in [0.4, 0.5) is 0 Å². The maximum Gasteiger partial charge on any atom is 0.354 e. The number of carbonyl (C=O) groups excluding carboxylic acids is 1. The fourth-order valence-corrected chi connectivity index (χ4v) is 2.04. The molecule has 116 valence electrons. The van der Waals surface area contributed by atoms with Gasteiger partial charge in [0.1, 0.15) is 6.04 Å². The highest BCUT2D eigenvalue weighted by molar-refractivity contribution is 7.83. The van der Waals surface area contributed by atoms with Crippen molar-refractivity contribution in [3.05, 3.63) is 35.9 Å². The Morgan fingerprint density at radius 3 is 2.24 bits per heavy atom. The van der Waals surface area contributed by atoms with Crippen LogP contribution in [0.2, 0.25) is 0 Å². The summed E-state index contributed by atoms with van der Waals surface area (Å²) in [6.45, 7) is 0. The van der Waals surface area contributed by atoms with Crippen LogP contribution in [0.15, 0.2) is 30.3 Å². The molecule has 1 rings (SSSR count). The van der Waals surface area contributed by atoms with E-state index in [0.717, 1.165) is 7.11 Å². The maximum atomic E-state index is 12.0. The molecule has 0 aliphatic rings. The Morgan fingerprint density at radius 1 is 1.24 bits per heavy atom. The molecule has 2 atom stereocenters. The van der Waals surface area contributed by atoms with Crippen molar-refractivity contribution in [2.45, 2.75) is 12.3 Å². The van der Waals surface area contributed by atoms with Crippen LogP contribution in [0.5, 0.6) is 0 Å². The summed E-state index contributed by atoms with van der Waals surface area (Å²) in [6.07, 6.45) is -1.65. The standard InChI is InChI=1S/C11H14N2O7S/c1-20-10(11(15)16)12-9(14)8(13-21(17,18)19)7-5-3-2-4-6-7/h2-6,8,10,13H,1H3,(H,12,14)(H,15,16)(H,17,18,19). The topological polar surface area (TPSA) is 142 Å². The molecule has 0 fully saturated rings. The van der Waals surface area contributed by atoms with E-state index in [1.807, 2.05) is 5.32 Å². The lowest BCUT2D eigenvalue weighted by atomic mass is 10.1. The number of hydrogen-bond donors (Lipinski definition) is 4. The molecule has 1 aromatic rings. The molecule has 0 saturated carbocycles. The first-order chi connectivity index (χ1) is 9.74. The van der Waals surface area contributed by atoms with Gasteiger partial charge >= 0.3 is 16.3 Å². The predicted molar refractivity (Wildman–Crippen MR) is 70.4 cm³/mol. The van der Waals surface area contributed by atoms with Gasteiger partial charge in [0.15, 0.2) is 0 Å². The molecule has 10 heteroatoms. The number of amides is 1. The Hall–Kier alpha value is -2.01. The molecule has 0 aliphatic carbocycles. The lowest BCUT2D eigenvalue weighted by molar-refractivity contribution is -0.153. The van der Waals surface area contributed by atoms with Crippen molar-refractivity contribution in [1.82, 2.24) is 10.0 Å². The Bertz CT molecular complexity index is 602. The molecule has 0 bridgehead atoms. The second kappa shape index (κ2) is 7.13. The van der Waals surface area contributed by atoms with E-state index in [0.29, 0.717) is 0 Å². The van der Waals surface area contributed by atoms with Crippen molar-refractivity contribution in [3.63, 3.8) is 0 Å². The van der Waals surface area contributed by atoms with Crippen molar-refractivity contribution in [3.8, 4) is 0 Å². The van der Waals surface area contributed by atoms with Gasteiger partial charge in [-0.3, -0.25) is 9.35 Å². The molecule has 0 spiro atoms. The molecule has 0 saturated heterocycles. The summed E-state index contributed by atoms with van der Waals surface area (Å²) >= 11 is 0. The summed E-state index contributed by atoms with van der Waals surface area (Å²) in [5.74, 6) is -2.45. The van der Waals surface area contributed by atoms with Crippen LogP contribution in [-0.4, -0.2) is 43.3 Å². The lowest BCUT2D eigenvalue weighted by Crippen LogP contribution is -2.47. The Labute approximate surface area is 120 Å². The summed E-state index contributed by atoms with van der Waals surface area (Å²) in [5, 5.41) is 10.8. The number of methoxy groups -OCH3 is 1. The normalized spacial score (nSPS) is 14.2. The highest BCUT2D eigenvalue weighted by atomic mass is 32.2. The van der Waals surface area contributed by atoms with Crippen molar-refractivity contribution in [2.24, 2.45) is 0 Å². The molecule has 0 aromatic heterocycles. The summed E-state index contributed by atoms with van der Waals surface area (Å²) in [4.78, 5) is 22.8. The van der Waals surface area contributed by atoms with Gasteiger partial charge in [-0.05, 0) is 5.56 Å². The molecule has 9 nitrogen and oxygen atoms in total. The maximum absolute atomic E-state index is 12.0. The van der Waals surface area contributed by atoms with E-state index in [4.69, 9.17) is 9.66 Å². The third-order valence-electron chi connectivity index (χ3n) is 2.40. The summed E-state index contributed by atoms with van der Waals surface area (Å²) < 4.78 is 36.9. The van der Waals surface area contributed by atoms with E-state index in [9.17, 15) is 18.0 Å². The SMILES string of the molecule is COC(NC(=O)C(NS(=O)(=O)O)c1ccccc1)C(=O)O. The number of carboxylic acids is 1. The number of aliphatic carboxylic acids is 1. The van der Waals surface area contributed by atoms with Crippen LogP contribution >= 0.6 is 0 Å². The zero-order valence-corrected chi connectivity index (χ0v) is 11.7. The van der Waals surface area contributed by atoms with Gasteiger partial charge in [-0.2, -0.15) is 13.1 Å². The number of nitrogens with one attached hydrogen (secondary N) is 2. The number of hydrogen-bond acceptors (Lipinski definition) is 5. The number of carbonyl (C=O) groups is 2. The number of rotatable bonds is 7. The van der Waals surface area contributed by atoms with E-state index < -0.39 is 34.5 Å². The third kappa shape index (κ3) is 5.47. The van der Waals surface area contributed by atoms with E-state index in [2.05, 4.69) is 4.74 Å². The Balaban J connectivity index is 3.02. The first kappa shape index (κ1) is 17.0. The van der Waals surface area contributed by atoms with Crippen LogP contribution in [-0.2, 0) is 24.6 Å². The fourth-order valence-electron chi connectivity index (χ4n) is 1.50. The van der Waals surface area contributed by atoms with Crippen LogP contribution in [0.25, 0.3) is 0 Å². The van der Waals surface area contributed by atoms with Gasteiger partial charge in [-0.25, -0.2) is 4.79 Å². The highest BCUT2D eigenvalue weighted by Crippen LogP contribution is 2.14. The third-order valence-corrected chi connectivity index (χ3v) is 2.93. The summed E-state index contributed by atoms with van der Waals surface area (Å²) in [6, 6.07) is 6.11. The van der Waals surface area contributed by atoms with Crippen molar-refractivity contribution in [2.75, 3.05) is 7.11 Å². The van der Waals surface area contributed by atoms with Crippen LogP contribution in [0, 0.1) is 0 Å². The smallest absolute Gasteiger partial charge is 0.354 e. The highest BCUT2D eigenvalue weighted by Gasteiger charge is 2.28. The van der Waals surface area contributed by atoms with E-state index in [-0.39, 0.29) is 5.56 Å². The summed E-state index contributed by atoms with van der Waals surface area (Å²) in [7, 11) is -3.62. The van der Waals surface area contributed by atoms with Crippen LogP contribution in [0.1, 0.15) is 11.6 Å². The van der Waals surface area contributed by atoms with Crippen LogP contribution in [0.3, 0.4) is 0 Å². The molecule has 0 aliphatic heterocycles. The van der Waals surface area contributed by atoms with Gasteiger partial charge in [-0.15, -0.1) is 0 Å². The quantitative estimate of drug-likeness (QED) is 0.384. The van der Waals surface area contributed by atoms with Gasteiger partial charge in [-0.1, -0.05) is 30.3 Å². The minimum absolute atomic E-state index is 0.216. The molecule has 0 radical (unpaired) electrons.